The minimum Gasteiger partial charge on any atom is -0.508 e. The van der Waals surface area contributed by atoms with E-state index >= 15 is 0 Å². The molecule has 0 amide bonds. The molecule has 0 aromatic heterocycles. The number of benzene rings is 3. The summed E-state index contributed by atoms with van der Waals surface area (Å²) in [6, 6.07) is 19.7. The largest absolute Gasteiger partial charge is 0.508 e. The first-order chi connectivity index (χ1) is 22.9. The van der Waals surface area contributed by atoms with Gasteiger partial charge in [0.05, 0.1) is 5.25 Å². The van der Waals surface area contributed by atoms with E-state index in [1.807, 2.05) is 48.5 Å². The number of guanidine groups is 1. The maximum Gasteiger partial charge on any atom is 0.268 e. The zero-order valence-corrected chi connectivity index (χ0v) is 27.9. The number of nitrogens with two attached hydrogens (primary N) is 2. The van der Waals surface area contributed by atoms with Gasteiger partial charge in [-0.1, -0.05) is 55.5 Å². The molecule has 3 aromatic rings. The first-order valence-corrected chi connectivity index (χ1v) is 18.2. The number of aliphatic imine (C=N–C) groups is 1. The Balaban J connectivity index is 1.55. The molecule has 5 aliphatic rings. The zero-order chi connectivity index (χ0) is 34.2. The van der Waals surface area contributed by atoms with E-state index < -0.39 is 33.1 Å². The number of fused-ring (bicyclic) bond motifs is 2. The van der Waals surface area contributed by atoms with Crippen LogP contribution in [0.4, 0.5) is 0 Å². The lowest BCUT2D eigenvalue weighted by molar-refractivity contribution is 0.0575. The molecule has 8 rings (SSSR count). The lowest BCUT2D eigenvalue weighted by Crippen LogP contribution is -2.37. The molecule has 11 heteroatoms. The van der Waals surface area contributed by atoms with E-state index in [-0.39, 0.29) is 42.5 Å². The van der Waals surface area contributed by atoms with Crippen LogP contribution in [0, 0.1) is 11.8 Å². The summed E-state index contributed by atoms with van der Waals surface area (Å²) in [6.07, 6.45) is 4.40. The summed E-state index contributed by atoms with van der Waals surface area (Å²) in [7, 11) is -4.55. The van der Waals surface area contributed by atoms with Gasteiger partial charge in [0.25, 0.3) is 10.1 Å². The maximum absolute atomic E-state index is 13.4. The number of nitrogens with zero attached hydrogens (tertiary/aromatic N) is 1. The van der Waals surface area contributed by atoms with E-state index in [4.69, 9.17) is 16.2 Å². The van der Waals surface area contributed by atoms with E-state index in [1.54, 1.807) is 12.1 Å². The fourth-order valence-corrected chi connectivity index (χ4v) is 9.24. The van der Waals surface area contributed by atoms with Gasteiger partial charge in [-0.25, -0.2) is 4.99 Å². The van der Waals surface area contributed by atoms with Crippen LogP contribution in [0.3, 0.4) is 0 Å². The molecule has 256 valence electrons. The third-order valence-electron chi connectivity index (χ3n) is 10.6. The molecule has 0 unspecified atom stereocenters. The van der Waals surface area contributed by atoms with E-state index in [9.17, 15) is 28.3 Å². The van der Waals surface area contributed by atoms with Crippen LogP contribution in [0.2, 0.25) is 0 Å². The van der Waals surface area contributed by atoms with Crippen molar-refractivity contribution < 1.29 is 33.0 Å². The normalized spacial score (nSPS) is 27.5. The van der Waals surface area contributed by atoms with Crippen LogP contribution in [-0.4, -0.2) is 46.1 Å². The van der Waals surface area contributed by atoms with Gasteiger partial charge in [0.2, 0.25) is 5.72 Å². The number of aromatic hydroxyl groups is 1. The van der Waals surface area contributed by atoms with Gasteiger partial charge in [-0.15, -0.1) is 0 Å². The molecule has 3 aromatic carbocycles. The third-order valence-corrected chi connectivity index (χ3v) is 11.9. The fourth-order valence-electron chi connectivity index (χ4n) is 8.13. The second-order valence-electron chi connectivity index (χ2n) is 13.6. The Morgan fingerprint density at radius 1 is 1.02 bits per heavy atom. The van der Waals surface area contributed by atoms with E-state index in [0.717, 1.165) is 29.5 Å². The summed E-state index contributed by atoms with van der Waals surface area (Å²) in [4.78, 5) is 4.60. The number of allylic oxidation sites excluding steroid dienone is 1. The SMILES string of the molecule is C[C@H]1CCc2cc3ccc2[C@@H]1C[C@@H](S(=O)(=O)O)[C@@H]1C=C([C@@H](O)c2ccc(O)cc2)CC[C@H]1c1ccc(cc1)[C@@](CCCO)(N=C(N)N)O3. The molecule has 2 aliphatic carbocycles. The second-order valence-corrected chi connectivity index (χ2v) is 15.2. The molecular formula is C37H45N3O7S. The highest BCUT2D eigenvalue weighted by Crippen LogP contribution is 2.49. The van der Waals surface area contributed by atoms with Crippen molar-refractivity contribution in [3.8, 4) is 11.5 Å². The van der Waals surface area contributed by atoms with Gasteiger partial charge in [-0.3, -0.25) is 4.55 Å². The van der Waals surface area contributed by atoms with Gasteiger partial charge in [0.1, 0.15) is 17.6 Å². The summed E-state index contributed by atoms with van der Waals surface area (Å²) >= 11 is 0. The molecule has 48 heavy (non-hydrogen) atoms. The first-order valence-electron chi connectivity index (χ1n) is 16.7. The smallest absolute Gasteiger partial charge is 0.268 e. The summed E-state index contributed by atoms with van der Waals surface area (Å²) in [5.74, 6) is -0.449. The Hall–Kier alpha value is -3.90. The minimum absolute atomic E-state index is 0.0833. The third kappa shape index (κ3) is 6.82. The number of hydrogen-bond donors (Lipinski definition) is 6. The molecule has 7 atom stereocenters. The topological polar surface area (TPSA) is 189 Å². The predicted octanol–water partition coefficient (Wildman–Crippen LogP) is 5.15. The summed E-state index contributed by atoms with van der Waals surface area (Å²) in [5, 5.41) is 29.9. The highest BCUT2D eigenvalue weighted by atomic mass is 32.2. The molecule has 0 radical (unpaired) electrons. The van der Waals surface area contributed by atoms with Gasteiger partial charge in [0, 0.05) is 24.5 Å². The second kappa shape index (κ2) is 13.5. The molecule has 0 saturated carbocycles. The maximum atomic E-state index is 13.4. The van der Waals surface area contributed by atoms with E-state index in [0.29, 0.717) is 48.1 Å². The standard InChI is InChI=1S/C37H45N3O7S/c1-22-3-4-25-19-29-14-16-31(25)32(22)21-34(48(44,45)46)33-20-26(35(43)24-7-12-28(42)13-8-24)9-15-30(33)23-5-10-27(11-6-23)37(47-29,17-2-18-41)40-36(38)39/h5-8,10-14,16,19-20,22,30,32-35,41-43H,2-4,9,15,17-18,21H2,1H3,(H4,38,39,40)(H,44,45,46)/t22-,30-,32+,33+,34+,35-,37-/m0/s1. The fraction of sp³-hybridized carbons (Fsp3) is 0.432. The Bertz CT molecular complexity index is 1790. The lowest BCUT2D eigenvalue weighted by Gasteiger charge is -2.39. The molecule has 0 fully saturated rings. The number of phenols is 1. The van der Waals surface area contributed by atoms with Crippen molar-refractivity contribution in [1.82, 2.24) is 0 Å². The summed E-state index contributed by atoms with van der Waals surface area (Å²) < 4.78 is 44.5. The number of rotatable bonds is 7. The monoisotopic (exact) mass is 675 g/mol. The van der Waals surface area contributed by atoms with Crippen LogP contribution in [0.5, 0.6) is 11.5 Å². The average molecular weight is 676 g/mol. The van der Waals surface area contributed by atoms with E-state index in [1.165, 1.54) is 12.1 Å². The molecule has 6 bridgehead atoms. The van der Waals surface area contributed by atoms with Gasteiger partial charge in [-0.05, 0) is 108 Å². The van der Waals surface area contributed by atoms with E-state index in [2.05, 4.69) is 11.9 Å². The Labute approximate surface area is 281 Å². The van der Waals surface area contributed by atoms with Crippen LogP contribution in [0.15, 0.2) is 83.4 Å². The van der Waals surface area contributed by atoms with Crippen molar-refractivity contribution in [3.05, 3.63) is 106 Å². The Morgan fingerprint density at radius 3 is 2.42 bits per heavy atom. The van der Waals surface area contributed by atoms with Crippen molar-refractivity contribution in [3.63, 3.8) is 0 Å². The Kier molecular flexibility index (Phi) is 9.59. The van der Waals surface area contributed by atoms with Crippen molar-refractivity contribution in [2.24, 2.45) is 28.3 Å². The van der Waals surface area contributed by atoms with Crippen molar-refractivity contribution >= 4 is 16.1 Å². The number of aliphatic hydroxyl groups excluding tert-OH is 2. The molecule has 3 aliphatic heterocycles. The van der Waals surface area contributed by atoms with Gasteiger partial charge in [-0.2, -0.15) is 8.42 Å². The molecule has 3 heterocycles. The van der Waals surface area contributed by atoms with Gasteiger partial charge < -0.3 is 31.5 Å². The average Bonchev–Trinajstić information content (AvgIpc) is 3.06. The van der Waals surface area contributed by atoms with Crippen LogP contribution >= 0.6 is 0 Å². The van der Waals surface area contributed by atoms with Crippen LogP contribution in [0.25, 0.3) is 0 Å². The number of hydrogen-bond acceptors (Lipinski definition) is 7. The quantitative estimate of drug-likeness (QED) is 0.0852. The molecular weight excluding hydrogens is 630 g/mol. The molecule has 0 saturated heterocycles. The van der Waals surface area contributed by atoms with Gasteiger partial charge >= 0.3 is 0 Å². The lowest BCUT2D eigenvalue weighted by atomic mass is 9.69. The number of aryl methyl sites for hydroxylation is 1. The number of aliphatic hydroxyl groups is 2. The minimum atomic E-state index is -4.55. The van der Waals surface area contributed by atoms with Crippen molar-refractivity contribution in [2.45, 2.75) is 80.8 Å². The number of phenolic OH excluding ortho intramolecular Hbond substituents is 1. The number of ether oxygens (including phenoxy) is 1. The zero-order valence-electron chi connectivity index (χ0n) is 27.1. The van der Waals surface area contributed by atoms with Crippen molar-refractivity contribution in [2.75, 3.05) is 6.61 Å². The van der Waals surface area contributed by atoms with Crippen LogP contribution < -0.4 is 16.2 Å². The molecule has 10 nitrogen and oxygen atoms in total. The van der Waals surface area contributed by atoms with Crippen LogP contribution in [-0.2, 0) is 22.3 Å². The molecule has 8 N–H and O–H groups in total. The Morgan fingerprint density at radius 2 is 1.75 bits per heavy atom. The first kappa shape index (κ1) is 34.0. The summed E-state index contributed by atoms with van der Waals surface area (Å²) in [5.41, 5.74) is 15.5. The van der Waals surface area contributed by atoms with Crippen LogP contribution in [0.1, 0.15) is 91.2 Å². The summed E-state index contributed by atoms with van der Waals surface area (Å²) in [6.45, 7) is 2.04. The highest BCUT2D eigenvalue weighted by Gasteiger charge is 2.43. The molecule has 0 spiro atoms. The van der Waals surface area contributed by atoms with Gasteiger partial charge in [0.15, 0.2) is 5.96 Å². The predicted molar refractivity (Wildman–Crippen MR) is 184 cm³/mol. The highest BCUT2D eigenvalue weighted by molar-refractivity contribution is 7.86. The van der Waals surface area contributed by atoms with Crippen molar-refractivity contribution in [1.29, 1.82) is 0 Å².